The molecule has 0 aromatic heterocycles. The molecule has 0 radical (unpaired) electrons. The lowest BCUT2D eigenvalue weighted by atomic mass is 10.3. The van der Waals surface area contributed by atoms with Gasteiger partial charge in [-0.25, -0.2) is 9.40 Å². The first kappa shape index (κ1) is 21.4. The van der Waals surface area contributed by atoms with Crippen LogP contribution in [0.1, 0.15) is 13.8 Å². The van der Waals surface area contributed by atoms with Gasteiger partial charge >= 0.3 is 19.4 Å². The highest BCUT2D eigenvalue weighted by atomic mass is 31.2. The zero-order valence-corrected chi connectivity index (χ0v) is 16.6. The lowest BCUT2D eigenvalue weighted by Gasteiger charge is -2.23. The molecule has 0 aliphatic rings. The van der Waals surface area contributed by atoms with Gasteiger partial charge in [0.25, 0.3) is 4.92 Å². The number of para-hydroxylation sites is 1. The average molecular weight is 409 g/mol. The van der Waals surface area contributed by atoms with Gasteiger partial charge in [0.2, 0.25) is 0 Å². The van der Waals surface area contributed by atoms with E-state index in [4.69, 9.17) is 13.8 Å². The summed E-state index contributed by atoms with van der Waals surface area (Å²) in [4.78, 5) is 28.2. The van der Waals surface area contributed by atoms with Crippen molar-refractivity contribution in [3.8, 4) is 11.5 Å². The van der Waals surface area contributed by atoms with E-state index in [9.17, 15) is 14.3 Å². The highest BCUT2D eigenvalue weighted by Gasteiger charge is 2.34. The van der Waals surface area contributed by atoms with Crippen LogP contribution >= 0.6 is 7.75 Å². The van der Waals surface area contributed by atoms with Crippen molar-refractivity contribution in [2.45, 2.75) is 19.9 Å². The van der Waals surface area contributed by atoms with Crippen LogP contribution in [0.2, 0.25) is 0 Å². The Hall–Kier alpha value is -2.90. The van der Waals surface area contributed by atoms with Crippen molar-refractivity contribution >= 4 is 19.4 Å². The van der Waals surface area contributed by atoms with Crippen molar-refractivity contribution in [3.05, 3.63) is 59.5 Å². The number of carbonyl (C=O) groups is 1. The van der Waals surface area contributed by atoms with Crippen molar-refractivity contribution in [1.29, 1.82) is 0 Å². The molecule has 0 amide bonds. The minimum Gasteiger partial charge on any atom is -0.465 e. The van der Waals surface area contributed by atoms with Crippen molar-refractivity contribution < 1.29 is 32.9 Å². The molecule has 0 fully saturated rings. The molecule has 0 spiro atoms. The quantitative estimate of drug-likeness (QED) is 0.359. The summed E-state index contributed by atoms with van der Waals surface area (Å²) in [7, 11) is -2.78. The Morgan fingerprint density at radius 2 is 1.64 bits per heavy atom. The zero-order chi connectivity index (χ0) is 20.6. The molecule has 0 aliphatic heterocycles. The van der Waals surface area contributed by atoms with E-state index in [0.29, 0.717) is 4.92 Å². The Bertz CT molecular complexity index is 843. The second kappa shape index (κ2) is 9.87. The maximum absolute atomic E-state index is 13.3. The number of benzene rings is 2. The van der Waals surface area contributed by atoms with Crippen LogP contribution in [0.15, 0.2) is 54.6 Å². The number of nitrogens with zero attached hydrogens (tertiary/aromatic N) is 1. The largest absolute Gasteiger partial charge is 0.513 e. The van der Waals surface area contributed by atoms with Gasteiger partial charge in [0.15, 0.2) is 7.11 Å². The summed E-state index contributed by atoms with van der Waals surface area (Å²) >= 11 is 0. The maximum atomic E-state index is 13.3. The van der Waals surface area contributed by atoms with E-state index < -0.39 is 19.8 Å². The lowest BCUT2D eigenvalue weighted by Crippen LogP contribution is -2.35. The van der Waals surface area contributed by atoms with Crippen LogP contribution in [0.25, 0.3) is 0 Å². The number of hydrogen-bond acceptors (Lipinski definition) is 7. The number of ether oxygens (including phenoxy) is 1. The third kappa shape index (κ3) is 6.07. The van der Waals surface area contributed by atoms with Crippen LogP contribution in [-0.4, -0.2) is 30.7 Å². The molecule has 2 rings (SSSR count). The first-order valence-corrected chi connectivity index (χ1v) is 10.0. The van der Waals surface area contributed by atoms with E-state index in [2.05, 4.69) is 9.92 Å². The van der Waals surface area contributed by atoms with E-state index in [1.807, 2.05) is 0 Å². The molecule has 0 saturated carbocycles. The van der Waals surface area contributed by atoms with Crippen LogP contribution < -0.4 is 14.1 Å². The van der Waals surface area contributed by atoms with Crippen molar-refractivity contribution in [3.63, 3.8) is 0 Å². The van der Waals surface area contributed by atoms with Gasteiger partial charge in [-0.15, -0.1) is 0 Å². The number of esters is 1. The molecule has 0 heterocycles. The van der Waals surface area contributed by atoms with Gasteiger partial charge < -0.3 is 13.8 Å². The third-order valence-corrected chi connectivity index (χ3v) is 5.01. The number of rotatable bonds is 10. The fraction of sp³-hybridized carbons (Fsp3) is 0.278. The molecule has 2 aromatic rings. The van der Waals surface area contributed by atoms with Gasteiger partial charge in [0, 0.05) is 12.1 Å². The summed E-state index contributed by atoms with van der Waals surface area (Å²) in [6.45, 7) is 3.34. The fourth-order valence-corrected chi connectivity index (χ4v) is 3.64. The van der Waals surface area contributed by atoms with Gasteiger partial charge in [-0.1, -0.05) is 18.2 Å². The Balaban J connectivity index is 2.23. The molecule has 2 atom stereocenters. The van der Waals surface area contributed by atoms with Gasteiger partial charge in [0.1, 0.15) is 17.5 Å². The number of carbonyl (C=O) groups excluding carboxylic acids is 1. The molecule has 2 aromatic carbocycles. The first-order valence-electron chi connectivity index (χ1n) is 8.47. The standard InChI is InChI=1S/C18H22N2O7P/c1-4-25-18(21)14(2)19-28(23,26-16-8-6-5-7-9-16)27-17-12-10-15(11-13-17)20(22)24-3/h5-14H,4H2,1-3H3,(H,19,23)/q+1. The number of nitrogens with one attached hydrogen (secondary N) is 1. The van der Waals surface area contributed by atoms with Gasteiger partial charge in [0.05, 0.1) is 11.5 Å². The topological polar surface area (TPSA) is 103 Å². The second-order valence-electron chi connectivity index (χ2n) is 5.53. The summed E-state index contributed by atoms with van der Waals surface area (Å²) in [5, 5.41) is 2.56. The zero-order valence-electron chi connectivity index (χ0n) is 15.7. The van der Waals surface area contributed by atoms with E-state index in [-0.39, 0.29) is 23.8 Å². The predicted octanol–water partition coefficient (Wildman–Crippen LogP) is 3.77. The maximum Gasteiger partial charge on any atom is 0.513 e. The molecule has 9 nitrogen and oxygen atoms in total. The smallest absolute Gasteiger partial charge is 0.465 e. The molecule has 10 heteroatoms. The monoisotopic (exact) mass is 409 g/mol. The summed E-state index contributed by atoms with van der Waals surface area (Å²) in [5.41, 5.74) is 0.224. The summed E-state index contributed by atoms with van der Waals surface area (Å²) in [6, 6.07) is 13.1. The molecule has 1 N–H and O–H groups in total. The van der Waals surface area contributed by atoms with Crippen LogP contribution in [0.5, 0.6) is 11.5 Å². The summed E-state index contributed by atoms with van der Waals surface area (Å²) in [6.07, 6.45) is 0. The SMILES string of the molecule is CCOC(=O)C(C)NP(=O)(Oc1ccccc1)Oc1ccc([N+](=O)OC)cc1. The molecule has 2 unspecified atom stereocenters. The molecule has 0 saturated heterocycles. The minimum atomic E-state index is -4.02. The highest BCUT2D eigenvalue weighted by molar-refractivity contribution is 7.52. The third-order valence-electron chi connectivity index (χ3n) is 3.40. The Morgan fingerprint density at radius 3 is 2.18 bits per heavy atom. The van der Waals surface area contributed by atoms with Gasteiger partial charge in [-0.2, -0.15) is 5.09 Å². The van der Waals surface area contributed by atoms with Crippen LogP contribution in [-0.2, 0) is 18.9 Å². The predicted molar refractivity (Wildman–Crippen MR) is 101 cm³/mol. The average Bonchev–Trinajstić information content (AvgIpc) is 2.68. The second-order valence-corrected chi connectivity index (χ2v) is 7.15. The Kier molecular flexibility index (Phi) is 7.54. The van der Waals surface area contributed by atoms with Crippen molar-refractivity contribution in [2.75, 3.05) is 13.7 Å². The van der Waals surface area contributed by atoms with E-state index >= 15 is 0 Å². The number of hydrogen-bond donors (Lipinski definition) is 1. The lowest BCUT2D eigenvalue weighted by molar-refractivity contribution is -0.736. The molecule has 150 valence electrons. The van der Waals surface area contributed by atoms with Crippen LogP contribution in [0.4, 0.5) is 5.69 Å². The molecular formula is C18H22N2O7P+. The first-order chi connectivity index (χ1) is 13.4. The van der Waals surface area contributed by atoms with Crippen molar-refractivity contribution in [2.24, 2.45) is 0 Å². The van der Waals surface area contributed by atoms with Crippen molar-refractivity contribution in [1.82, 2.24) is 5.09 Å². The van der Waals surface area contributed by atoms with Gasteiger partial charge in [-0.3, -0.25) is 4.79 Å². The summed E-state index contributed by atoms with van der Waals surface area (Å²) < 4.78 is 29.3. The normalized spacial score (nSPS) is 13.7. The molecule has 0 bridgehead atoms. The molecule has 0 aliphatic carbocycles. The summed E-state index contributed by atoms with van der Waals surface area (Å²) in [5.74, 6) is -0.146. The van der Waals surface area contributed by atoms with Gasteiger partial charge in [-0.05, 0) is 38.1 Å². The van der Waals surface area contributed by atoms with Crippen LogP contribution in [0.3, 0.4) is 0 Å². The Labute approximate surface area is 162 Å². The van der Waals surface area contributed by atoms with Crippen LogP contribution in [0, 0.1) is 4.91 Å². The molecule has 28 heavy (non-hydrogen) atoms. The van der Waals surface area contributed by atoms with E-state index in [1.54, 1.807) is 37.3 Å². The minimum absolute atomic E-state index is 0.163. The van der Waals surface area contributed by atoms with E-state index in [1.165, 1.54) is 38.3 Å². The highest BCUT2D eigenvalue weighted by Crippen LogP contribution is 2.45. The fourth-order valence-electron chi connectivity index (χ4n) is 2.12. The molecular weight excluding hydrogens is 387 g/mol. The van der Waals surface area contributed by atoms with E-state index in [0.717, 1.165) is 0 Å². The Morgan fingerprint density at radius 1 is 1.07 bits per heavy atom.